The fourth-order valence-electron chi connectivity index (χ4n) is 3.66. The molecule has 0 radical (unpaired) electrons. The fraction of sp³-hybridized carbons (Fsp3) is 0.895. The Bertz CT molecular complexity index is 401. The maximum Gasteiger partial charge on any atom is 2.00 e. The van der Waals surface area contributed by atoms with Crippen molar-refractivity contribution in [3.63, 3.8) is 0 Å². The number of nitrogens with zero attached hydrogens (tertiary/aromatic N) is 1. The molecule has 0 aromatic carbocycles. The Hall–Kier alpha value is -0.532. The molecule has 0 unspecified atom stereocenters. The molecule has 1 heterocycles. The molecule has 0 aromatic rings. The van der Waals surface area contributed by atoms with Gasteiger partial charge in [-0.15, -0.1) is 0 Å². The van der Waals surface area contributed by atoms with Gasteiger partial charge in [-0.3, -0.25) is 0 Å². The number of rotatable bonds is 8. The summed E-state index contributed by atoms with van der Waals surface area (Å²) in [6.07, 6.45) is 10.5. The largest absolute Gasteiger partial charge is 2.00 e. The van der Waals surface area contributed by atoms with Crippen LogP contribution in [0.25, 0.3) is 0 Å². The molecule has 2 aliphatic rings. The average molecular weight is 584 g/mol. The first-order chi connectivity index (χ1) is 11.9. The van der Waals surface area contributed by atoms with Gasteiger partial charge in [-0.05, 0) is 64.6 Å². The monoisotopic (exact) mass is 583 g/mol. The number of hydrogen-bond donors (Lipinski definition) is 3. The number of carbonyl (C=O) groups is 2. The zero-order valence-electron chi connectivity index (χ0n) is 17.4. The van der Waals surface area contributed by atoms with Crippen molar-refractivity contribution in [2.45, 2.75) is 83.6 Å². The first-order valence-corrected chi connectivity index (χ1v) is 9.83. The van der Waals surface area contributed by atoms with E-state index in [1.807, 2.05) is 0 Å². The molecule has 170 valence electrons. The smallest absolute Gasteiger partial charge is 0.549 e. The van der Waals surface area contributed by atoms with Crippen molar-refractivity contribution in [1.82, 2.24) is 17.2 Å². The number of likely N-dealkylation sites (tertiary alicyclic amines) is 1. The van der Waals surface area contributed by atoms with E-state index in [4.69, 9.17) is 5.73 Å². The first-order valence-electron chi connectivity index (χ1n) is 9.83. The van der Waals surface area contributed by atoms with Crippen LogP contribution in [0.3, 0.4) is 0 Å². The Morgan fingerprint density at radius 1 is 0.964 bits per heavy atom. The Morgan fingerprint density at radius 3 is 1.82 bits per heavy atom. The molecule has 0 aromatic heterocycles. The van der Waals surface area contributed by atoms with Crippen molar-refractivity contribution in [2.75, 3.05) is 19.6 Å². The van der Waals surface area contributed by atoms with E-state index in [-0.39, 0.29) is 46.2 Å². The summed E-state index contributed by atoms with van der Waals surface area (Å²) in [6.45, 7) is 4.66. The number of carboxylic acids is 2. The second-order valence-corrected chi connectivity index (χ2v) is 7.41. The van der Waals surface area contributed by atoms with Crippen LogP contribution in [-0.4, -0.2) is 42.5 Å². The van der Waals surface area contributed by atoms with Gasteiger partial charge in [-0.1, -0.05) is 32.6 Å². The molecule has 9 heteroatoms. The molecule has 2 rings (SSSR count). The van der Waals surface area contributed by atoms with Crippen molar-refractivity contribution >= 4 is 11.9 Å². The Balaban J connectivity index is -0.000000596. The van der Waals surface area contributed by atoms with Crippen LogP contribution in [0.1, 0.15) is 77.6 Å². The third-order valence-corrected chi connectivity index (χ3v) is 5.56. The van der Waals surface area contributed by atoms with Crippen LogP contribution in [-0.2, 0) is 30.7 Å². The minimum atomic E-state index is -1.82. The SMILES string of the molecule is CCC(CCCCN1CCCCC1)(C(=O)[O-])C(=O)[O-].N.N.NC1CCCC1.[Pt+2]. The molecular weight excluding hydrogens is 543 g/mol. The summed E-state index contributed by atoms with van der Waals surface area (Å²) >= 11 is 0. The van der Waals surface area contributed by atoms with E-state index in [0.29, 0.717) is 12.5 Å². The molecule has 8 nitrogen and oxygen atoms in total. The summed E-state index contributed by atoms with van der Waals surface area (Å²) in [5, 5.41) is 22.1. The quantitative estimate of drug-likeness (QED) is 0.277. The molecule has 8 N–H and O–H groups in total. The molecule has 0 amide bonds. The van der Waals surface area contributed by atoms with Crippen LogP contribution in [0.5, 0.6) is 0 Å². The van der Waals surface area contributed by atoms with E-state index >= 15 is 0 Å². The Labute approximate surface area is 184 Å². The minimum absolute atomic E-state index is 0. The number of piperidine rings is 1. The zero-order chi connectivity index (χ0) is 18.7. The summed E-state index contributed by atoms with van der Waals surface area (Å²) < 4.78 is 0. The zero-order valence-corrected chi connectivity index (χ0v) is 19.6. The van der Waals surface area contributed by atoms with Crippen molar-refractivity contribution in [3.05, 3.63) is 0 Å². The third-order valence-electron chi connectivity index (χ3n) is 5.56. The van der Waals surface area contributed by atoms with Crippen molar-refractivity contribution in [1.29, 1.82) is 0 Å². The topological polar surface area (TPSA) is 180 Å². The van der Waals surface area contributed by atoms with E-state index < -0.39 is 17.4 Å². The predicted molar refractivity (Wildman–Crippen MR) is 103 cm³/mol. The van der Waals surface area contributed by atoms with Crippen LogP contribution in [0.4, 0.5) is 0 Å². The molecular formula is C19H40N4O4Pt. The molecule has 28 heavy (non-hydrogen) atoms. The second-order valence-electron chi connectivity index (χ2n) is 7.41. The van der Waals surface area contributed by atoms with E-state index in [1.165, 1.54) is 44.9 Å². The number of hydrogen-bond acceptors (Lipinski definition) is 8. The van der Waals surface area contributed by atoms with E-state index in [0.717, 1.165) is 26.1 Å². The van der Waals surface area contributed by atoms with Gasteiger partial charge < -0.3 is 42.7 Å². The van der Waals surface area contributed by atoms with E-state index in [9.17, 15) is 19.8 Å². The van der Waals surface area contributed by atoms with Crippen molar-refractivity contribution in [2.24, 2.45) is 11.1 Å². The number of carboxylic acid groups (broad SMARTS) is 2. The summed E-state index contributed by atoms with van der Waals surface area (Å²) in [6, 6.07) is 0.546. The molecule has 1 saturated carbocycles. The van der Waals surface area contributed by atoms with Crippen LogP contribution < -0.4 is 28.2 Å². The maximum atomic E-state index is 11.0. The normalized spacial score (nSPS) is 17.2. The van der Waals surface area contributed by atoms with Gasteiger partial charge in [0.15, 0.2) is 0 Å². The van der Waals surface area contributed by atoms with Gasteiger partial charge in [0.05, 0.1) is 11.9 Å². The maximum absolute atomic E-state index is 11.0. The molecule has 0 spiro atoms. The van der Waals surface area contributed by atoms with Gasteiger partial charge >= 0.3 is 21.1 Å². The van der Waals surface area contributed by atoms with Gasteiger partial charge in [-0.25, -0.2) is 0 Å². The number of carbonyl (C=O) groups excluding carboxylic acids is 2. The van der Waals surface area contributed by atoms with E-state index in [1.54, 1.807) is 6.92 Å². The summed E-state index contributed by atoms with van der Waals surface area (Å²) in [5.74, 6) is -3.04. The molecule has 1 aliphatic heterocycles. The number of unbranched alkanes of at least 4 members (excludes halogenated alkanes) is 1. The molecule has 0 bridgehead atoms. The molecule has 1 saturated heterocycles. The van der Waals surface area contributed by atoms with Crippen molar-refractivity contribution in [3.8, 4) is 0 Å². The van der Waals surface area contributed by atoms with Crippen molar-refractivity contribution < 1.29 is 40.9 Å². The predicted octanol–water partition coefficient (Wildman–Crippen LogP) is 0.748. The van der Waals surface area contributed by atoms with Gasteiger partial charge in [-0.2, -0.15) is 0 Å². The third kappa shape index (κ3) is 10.9. The van der Waals surface area contributed by atoms with Crippen LogP contribution in [0.2, 0.25) is 0 Å². The van der Waals surface area contributed by atoms with Gasteiger partial charge in [0.2, 0.25) is 0 Å². The van der Waals surface area contributed by atoms with E-state index in [2.05, 4.69) is 4.90 Å². The number of aliphatic carboxylic acids is 2. The molecule has 2 fully saturated rings. The van der Waals surface area contributed by atoms with Crippen LogP contribution in [0, 0.1) is 5.41 Å². The van der Waals surface area contributed by atoms with Gasteiger partial charge in [0, 0.05) is 11.5 Å². The second kappa shape index (κ2) is 17.3. The van der Waals surface area contributed by atoms with Crippen LogP contribution in [0.15, 0.2) is 0 Å². The Kier molecular flexibility index (Phi) is 19.9. The summed E-state index contributed by atoms with van der Waals surface area (Å²) in [5.41, 5.74) is 3.72. The Morgan fingerprint density at radius 2 is 1.46 bits per heavy atom. The first kappa shape index (κ1) is 32.1. The molecule has 0 atom stereocenters. The standard InChI is InChI=1S/C14H25NO4.C5H11N.2H3N.Pt/c1-2-14(12(16)17,13(18)19)8-4-7-11-15-9-5-3-6-10-15;6-5-3-1-2-4-5;;;/h2-11H2,1H3,(H,16,17)(H,18,19);5H,1-4,6H2;2*1H3;/q;;;;+2/p-2. The van der Waals surface area contributed by atoms with Crippen LogP contribution >= 0.6 is 0 Å². The van der Waals surface area contributed by atoms with Gasteiger partial charge in [0.1, 0.15) is 0 Å². The summed E-state index contributed by atoms with van der Waals surface area (Å²) in [7, 11) is 0. The average Bonchev–Trinajstić information content (AvgIpc) is 3.07. The number of nitrogens with two attached hydrogens (primary N) is 1. The summed E-state index contributed by atoms with van der Waals surface area (Å²) in [4.78, 5) is 24.5. The van der Waals surface area contributed by atoms with Gasteiger partial charge in [0.25, 0.3) is 0 Å². The molecule has 1 aliphatic carbocycles. The fourth-order valence-corrected chi connectivity index (χ4v) is 3.66. The minimum Gasteiger partial charge on any atom is -0.549 e.